The molecule has 0 N–H and O–H groups in total. The summed E-state index contributed by atoms with van der Waals surface area (Å²) in [7, 11) is -0.324. The van der Waals surface area contributed by atoms with Gasteiger partial charge in [-0.2, -0.15) is 0 Å². The molecular weight excluding hydrogens is 319 g/mol. The molecule has 26 heavy (non-hydrogen) atoms. The highest BCUT2D eigenvalue weighted by molar-refractivity contribution is 6.56. The highest BCUT2D eigenvalue weighted by Gasteiger charge is 2.52. The van der Waals surface area contributed by atoms with Crippen LogP contribution in [-0.4, -0.2) is 18.3 Å². The van der Waals surface area contributed by atoms with Gasteiger partial charge >= 0.3 is 7.12 Å². The zero-order chi connectivity index (χ0) is 18.8. The Bertz CT molecular complexity index is 747. The van der Waals surface area contributed by atoms with Gasteiger partial charge in [-0.15, -0.1) is 0 Å². The van der Waals surface area contributed by atoms with E-state index in [0.29, 0.717) is 0 Å². The van der Waals surface area contributed by atoms with E-state index in [1.165, 1.54) is 22.2 Å². The minimum Gasteiger partial charge on any atom is -0.400 e. The topological polar surface area (TPSA) is 18.5 Å². The Morgan fingerprint density at radius 2 is 1.31 bits per heavy atom. The average molecular weight is 348 g/mol. The largest absolute Gasteiger partial charge is 0.491 e. The second-order valence-electron chi connectivity index (χ2n) is 7.97. The first-order chi connectivity index (χ1) is 12.3. The van der Waals surface area contributed by atoms with E-state index in [-0.39, 0.29) is 18.3 Å². The molecule has 1 fully saturated rings. The molecule has 0 radical (unpaired) electrons. The second-order valence-corrected chi connectivity index (χ2v) is 7.97. The minimum atomic E-state index is -0.338. The van der Waals surface area contributed by atoms with Crippen LogP contribution >= 0.6 is 0 Å². The maximum atomic E-state index is 6.42. The molecule has 1 aliphatic heterocycles. The van der Waals surface area contributed by atoms with Crippen LogP contribution in [0.5, 0.6) is 0 Å². The Labute approximate surface area is 158 Å². The van der Waals surface area contributed by atoms with Gasteiger partial charge in [-0.3, -0.25) is 0 Å². The van der Waals surface area contributed by atoms with E-state index in [0.717, 1.165) is 12.8 Å². The van der Waals surface area contributed by atoms with Gasteiger partial charge in [0.2, 0.25) is 0 Å². The van der Waals surface area contributed by atoms with E-state index < -0.39 is 0 Å². The predicted molar refractivity (Wildman–Crippen MR) is 110 cm³/mol. The van der Waals surface area contributed by atoms with E-state index in [9.17, 15) is 0 Å². The number of hydrogen-bond acceptors (Lipinski definition) is 2. The molecule has 0 amide bonds. The number of benzene rings is 2. The molecule has 0 unspecified atom stereocenters. The quantitative estimate of drug-likeness (QED) is 0.643. The normalized spacial score (nSPS) is 19.3. The summed E-state index contributed by atoms with van der Waals surface area (Å²) in [5.41, 5.74) is 4.39. The molecule has 1 heterocycles. The van der Waals surface area contributed by atoms with Crippen LogP contribution in [0.3, 0.4) is 0 Å². The zero-order valence-electron chi connectivity index (χ0n) is 16.6. The third kappa shape index (κ3) is 3.79. The van der Waals surface area contributed by atoms with Gasteiger partial charge in [0.25, 0.3) is 0 Å². The lowest BCUT2D eigenvalue weighted by Gasteiger charge is -2.32. The van der Waals surface area contributed by atoms with Crippen LogP contribution in [0.2, 0.25) is 0 Å². The van der Waals surface area contributed by atoms with E-state index >= 15 is 0 Å². The lowest BCUT2D eigenvalue weighted by molar-refractivity contribution is 0.00578. The van der Waals surface area contributed by atoms with Crippen LogP contribution < -0.4 is 0 Å². The third-order valence-electron chi connectivity index (χ3n) is 5.64. The fourth-order valence-electron chi connectivity index (χ4n) is 3.39. The number of rotatable bonds is 5. The summed E-state index contributed by atoms with van der Waals surface area (Å²) in [6.45, 7) is 10.7. The van der Waals surface area contributed by atoms with Gasteiger partial charge in [0.1, 0.15) is 0 Å². The first kappa shape index (κ1) is 18.9. The van der Waals surface area contributed by atoms with E-state index in [1.54, 1.807) is 0 Å². The van der Waals surface area contributed by atoms with E-state index in [4.69, 9.17) is 9.31 Å². The van der Waals surface area contributed by atoms with Gasteiger partial charge in [0.15, 0.2) is 0 Å². The molecule has 0 aliphatic carbocycles. The maximum absolute atomic E-state index is 6.42. The maximum Gasteiger partial charge on any atom is 0.491 e. The highest BCUT2D eigenvalue weighted by Crippen LogP contribution is 2.41. The summed E-state index contributed by atoms with van der Waals surface area (Å²) in [6.07, 6.45) is 1.77. The van der Waals surface area contributed by atoms with Crippen molar-refractivity contribution in [3.05, 3.63) is 77.3 Å². The molecule has 0 bridgehead atoms. The van der Waals surface area contributed by atoms with Crippen molar-refractivity contribution in [3.8, 4) is 0 Å². The van der Waals surface area contributed by atoms with Gasteiger partial charge in [-0.1, -0.05) is 67.6 Å². The molecule has 0 atom stereocenters. The molecule has 2 aromatic rings. The Hall–Kier alpha value is -1.84. The van der Waals surface area contributed by atoms with Crippen molar-refractivity contribution in [1.82, 2.24) is 0 Å². The molecule has 0 spiro atoms. The molecule has 1 saturated heterocycles. The van der Waals surface area contributed by atoms with Crippen molar-refractivity contribution < 1.29 is 9.31 Å². The fraction of sp³-hybridized carbons (Fsp3) is 0.391. The molecule has 2 nitrogen and oxygen atoms in total. The van der Waals surface area contributed by atoms with Gasteiger partial charge in [0.05, 0.1) is 11.2 Å². The molecule has 2 aromatic carbocycles. The summed E-state index contributed by atoms with van der Waals surface area (Å²) < 4.78 is 12.8. The lowest BCUT2D eigenvalue weighted by Crippen LogP contribution is -2.41. The van der Waals surface area contributed by atoms with Crippen molar-refractivity contribution in [2.24, 2.45) is 0 Å². The van der Waals surface area contributed by atoms with Gasteiger partial charge in [0, 0.05) is 0 Å². The van der Waals surface area contributed by atoms with Crippen LogP contribution in [0.25, 0.3) is 5.57 Å². The van der Waals surface area contributed by atoms with Crippen LogP contribution in [0.15, 0.2) is 66.1 Å². The van der Waals surface area contributed by atoms with Crippen LogP contribution in [-0.2, 0) is 15.7 Å². The van der Waals surface area contributed by atoms with Gasteiger partial charge in [-0.05, 0) is 62.7 Å². The Kier molecular flexibility index (Phi) is 5.41. The highest BCUT2D eigenvalue weighted by atomic mass is 16.7. The first-order valence-corrected chi connectivity index (χ1v) is 9.51. The van der Waals surface area contributed by atoms with Crippen molar-refractivity contribution >= 4 is 12.7 Å². The standard InChI is InChI=1S/C23H29BO2/c1-6-20(19-15-11-8-12-16-19)21(17-18-13-9-7-10-14-18)24-25-22(2,3)23(4,5)26-24/h7-16H,6,17H2,1-5H3/b21-20-. The Morgan fingerprint density at radius 1 is 0.808 bits per heavy atom. The third-order valence-corrected chi connectivity index (χ3v) is 5.64. The Morgan fingerprint density at radius 3 is 1.81 bits per heavy atom. The summed E-state index contributed by atoms with van der Waals surface area (Å²) in [6, 6.07) is 21.2. The molecule has 3 heteroatoms. The van der Waals surface area contributed by atoms with Gasteiger partial charge in [-0.25, -0.2) is 0 Å². The number of hydrogen-bond donors (Lipinski definition) is 0. The summed E-state index contributed by atoms with van der Waals surface area (Å²) in [4.78, 5) is 0. The summed E-state index contributed by atoms with van der Waals surface area (Å²) in [5, 5.41) is 0. The van der Waals surface area contributed by atoms with Crippen molar-refractivity contribution in [1.29, 1.82) is 0 Å². The predicted octanol–water partition coefficient (Wildman–Crippen LogP) is 5.72. The van der Waals surface area contributed by atoms with Crippen LogP contribution in [0, 0.1) is 0 Å². The molecule has 136 valence electrons. The molecule has 0 saturated carbocycles. The summed E-state index contributed by atoms with van der Waals surface area (Å²) in [5.74, 6) is 0. The van der Waals surface area contributed by atoms with E-state index in [2.05, 4.69) is 95.3 Å². The second kappa shape index (κ2) is 7.42. The van der Waals surface area contributed by atoms with Crippen molar-refractivity contribution in [2.45, 2.75) is 58.7 Å². The zero-order valence-corrected chi connectivity index (χ0v) is 16.6. The Balaban J connectivity index is 2.06. The lowest BCUT2D eigenvalue weighted by atomic mass is 9.70. The van der Waals surface area contributed by atoms with Crippen LogP contribution in [0.4, 0.5) is 0 Å². The molecule has 1 aliphatic rings. The molecular formula is C23H29BO2. The first-order valence-electron chi connectivity index (χ1n) is 9.51. The minimum absolute atomic E-state index is 0.324. The summed E-state index contributed by atoms with van der Waals surface area (Å²) >= 11 is 0. The van der Waals surface area contributed by atoms with Crippen molar-refractivity contribution in [3.63, 3.8) is 0 Å². The van der Waals surface area contributed by atoms with Crippen LogP contribution in [0.1, 0.15) is 52.2 Å². The fourth-order valence-corrected chi connectivity index (χ4v) is 3.39. The van der Waals surface area contributed by atoms with Crippen molar-refractivity contribution in [2.75, 3.05) is 0 Å². The smallest absolute Gasteiger partial charge is 0.400 e. The van der Waals surface area contributed by atoms with E-state index in [1.807, 2.05) is 0 Å². The monoisotopic (exact) mass is 348 g/mol. The SMILES string of the molecule is CC/C(=C(\Cc1ccccc1)B1OC(C)(C)C(C)(C)O1)c1ccccc1. The molecule has 3 rings (SSSR count). The average Bonchev–Trinajstić information content (AvgIpc) is 2.84. The molecule has 0 aromatic heterocycles. The van der Waals surface area contributed by atoms with Gasteiger partial charge < -0.3 is 9.31 Å². The number of allylic oxidation sites excluding steroid dienone is 2.